The molecule has 2 aromatic rings. The number of nitriles is 1. The zero-order valence-corrected chi connectivity index (χ0v) is 14.0. The fraction of sp³-hybridized carbons (Fsp3) is 0.421. The molecule has 124 valence electrons. The number of carbonyl (C=O) groups excluding carboxylic acids is 1. The Kier molecular flexibility index (Phi) is 4.66. The molecule has 0 aliphatic carbocycles. The van der Waals surface area contributed by atoms with Crippen molar-refractivity contribution in [2.75, 3.05) is 13.1 Å². The van der Waals surface area contributed by atoms with Crippen LogP contribution in [-0.2, 0) is 23.7 Å². The lowest BCUT2D eigenvalue weighted by atomic mass is 9.74. The SMILES string of the molecule is Cn1nccc1CCC(=O)N1CCC(C#N)(c2ccccc2)CC1. The van der Waals surface area contributed by atoms with Crippen LogP contribution in [0.4, 0.5) is 0 Å². The third kappa shape index (κ3) is 3.18. The number of aryl methyl sites for hydroxylation is 2. The number of hydrogen-bond acceptors (Lipinski definition) is 3. The van der Waals surface area contributed by atoms with Gasteiger partial charge in [-0.25, -0.2) is 0 Å². The predicted octanol–water partition coefficient (Wildman–Crippen LogP) is 2.44. The minimum Gasteiger partial charge on any atom is -0.343 e. The summed E-state index contributed by atoms with van der Waals surface area (Å²) in [5.41, 5.74) is 1.67. The molecule has 1 aliphatic heterocycles. The zero-order valence-electron chi connectivity index (χ0n) is 14.0. The highest BCUT2D eigenvalue weighted by molar-refractivity contribution is 5.76. The molecule has 1 saturated heterocycles. The molecule has 0 unspecified atom stereocenters. The lowest BCUT2D eigenvalue weighted by Gasteiger charge is -2.37. The van der Waals surface area contributed by atoms with E-state index in [1.165, 1.54) is 0 Å². The van der Waals surface area contributed by atoms with Gasteiger partial charge in [-0.3, -0.25) is 9.48 Å². The molecule has 1 amide bonds. The molecule has 0 N–H and O–H groups in total. The van der Waals surface area contributed by atoms with Crippen LogP contribution in [-0.4, -0.2) is 33.7 Å². The number of amides is 1. The van der Waals surface area contributed by atoms with E-state index in [-0.39, 0.29) is 5.91 Å². The van der Waals surface area contributed by atoms with Crippen LogP contribution in [0.2, 0.25) is 0 Å². The highest BCUT2D eigenvalue weighted by atomic mass is 16.2. The number of rotatable bonds is 4. The smallest absolute Gasteiger partial charge is 0.222 e. The van der Waals surface area contributed by atoms with Crippen molar-refractivity contribution in [2.45, 2.75) is 31.1 Å². The summed E-state index contributed by atoms with van der Waals surface area (Å²) in [6.45, 7) is 1.29. The van der Waals surface area contributed by atoms with Crippen molar-refractivity contribution in [1.29, 1.82) is 5.26 Å². The quantitative estimate of drug-likeness (QED) is 0.868. The molecule has 0 spiro atoms. The minimum absolute atomic E-state index is 0.163. The van der Waals surface area contributed by atoms with Crippen LogP contribution < -0.4 is 0 Å². The standard InChI is InChI=1S/C19H22N4O/c1-22-17(9-12-21-22)7-8-18(24)23-13-10-19(15-20,11-14-23)16-5-3-2-4-6-16/h2-6,9,12H,7-8,10-11,13-14H2,1H3. The van der Waals surface area contributed by atoms with Crippen LogP contribution in [0, 0.1) is 11.3 Å². The Labute approximate surface area is 142 Å². The lowest BCUT2D eigenvalue weighted by molar-refractivity contribution is -0.132. The highest BCUT2D eigenvalue weighted by Crippen LogP contribution is 2.35. The third-order valence-corrected chi connectivity index (χ3v) is 5.03. The fourth-order valence-corrected chi connectivity index (χ4v) is 3.40. The van der Waals surface area contributed by atoms with Gasteiger partial charge in [0.25, 0.3) is 0 Å². The van der Waals surface area contributed by atoms with Gasteiger partial charge in [0, 0.05) is 38.4 Å². The molecule has 0 radical (unpaired) electrons. The summed E-state index contributed by atoms with van der Waals surface area (Å²) in [7, 11) is 1.89. The molecule has 1 fully saturated rings. The minimum atomic E-state index is -0.458. The molecule has 5 heteroatoms. The fourth-order valence-electron chi connectivity index (χ4n) is 3.40. The molecule has 1 aromatic heterocycles. The largest absolute Gasteiger partial charge is 0.343 e. The summed E-state index contributed by atoms with van der Waals surface area (Å²) in [5, 5.41) is 13.8. The van der Waals surface area contributed by atoms with Crippen LogP contribution >= 0.6 is 0 Å². The first-order chi connectivity index (χ1) is 11.6. The van der Waals surface area contributed by atoms with Gasteiger partial charge >= 0.3 is 0 Å². The number of aromatic nitrogens is 2. The summed E-state index contributed by atoms with van der Waals surface area (Å²) in [6, 6.07) is 14.4. The van der Waals surface area contributed by atoms with Crippen molar-refractivity contribution in [3.05, 3.63) is 53.9 Å². The average molecular weight is 322 g/mol. The maximum Gasteiger partial charge on any atom is 0.222 e. The Morgan fingerprint density at radius 1 is 1.25 bits per heavy atom. The summed E-state index contributed by atoms with van der Waals surface area (Å²) in [6.07, 6.45) is 4.34. The molecule has 3 rings (SSSR count). The summed E-state index contributed by atoms with van der Waals surface area (Å²) >= 11 is 0. The van der Waals surface area contributed by atoms with Gasteiger partial charge in [0.2, 0.25) is 5.91 Å². The van der Waals surface area contributed by atoms with E-state index < -0.39 is 5.41 Å². The van der Waals surface area contributed by atoms with E-state index in [1.807, 2.05) is 48.3 Å². The molecule has 0 saturated carbocycles. The second-order valence-electron chi connectivity index (χ2n) is 6.39. The van der Waals surface area contributed by atoms with Gasteiger partial charge in [0.05, 0.1) is 11.5 Å². The predicted molar refractivity (Wildman–Crippen MR) is 91.1 cm³/mol. The van der Waals surface area contributed by atoms with Gasteiger partial charge in [-0.15, -0.1) is 0 Å². The zero-order chi connectivity index (χ0) is 17.0. The first-order valence-electron chi connectivity index (χ1n) is 8.36. The van der Waals surface area contributed by atoms with Crippen molar-refractivity contribution >= 4 is 5.91 Å². The second kappa shape index (κ2) is 6.88. The van der Waals surface area contributed by atoms with Gasteiger partial charge in [0.1, 0.15) is 0 Å². The molecule has 24 heavy (non-hydrogen) atoms. The molecular weight excluding hydrogens is 300 g/mol. The van der Waals surface area contributed by atoms with E-state index >= 15 is 0 Å². The Morgan fingerprint density at radius 3 is 2.54 bits per heavy atom. The van der Waals surface area contributed by atoms with E-state index in [0.29, 0.717) is 38.8 Å². The molecule has 5 nitrogen and oxygen atoms in total. The summed E-state index contributed by atoms with van der Waals surface area (Å²) < 4.78 is 1.81. The first-order valence-corrected chi connectivity index (χ1v) is 8.36. The van der Waals surface area contributed by atoms with Crippen molar-refractivity contribution in [2.24, 2.45) is 7.05 Å². The number of piperidine rings is 1. The van der Waals surface area contributed by atoms with Crippen LogP contribution in [0.25, 0.3) is 0 Å². The van der Waals surface area contributed by atoms with E-state index in [0.717, 1.165) is 11.3 Å². The Morgan fingerprint density at radius 2 is 1.96 bits per heavy atom. The van der Waals surface area contributed by atoms with Gasteiger partial charge in [-0.05, 0) is 30.9 Å². The van der Waals surface area contributed by atoms with Gasteiger partial charge in [0.15, 0.2) is 0 Å². The summed E-state index contributed by atoms with van der Waals surface area (Å²) in [4.78, 5) is 14.4. The molecule has 0 atom stereocenters. The number of benzene rings is 1. The Hall–Kier alpha value is -2.61. The van der Waals surface area contributed by atoms with Crippen molar-refractivity contribution < 1.29 is 4.79 Å². The van der Waals surface area contributed by atoms with Crippen molar-refractivity contribution in [3.8, 4) is 6.07 Å². The first kappa shape index (κ1) is 16.3. The van der Waals surface area contributed by atoms with E-state index in [4.69, 9.17) is 0 Å². The average Bonchev–Trinajstić information content (AvgIpc) is 3.05. The molecule has 1 aromatic carbocycles. The van der Waals surface area contributed by atoms with Crippen molar-refractivity contribution in [1.82, 2.24) is 14.7 Å². The third-order valence-electron chi connectivity index (χ3n) is 5.03. The topological polar surface area (TPSA) is 61.9 Å². The Balaban J connectivity index is 1.59. The Bertz CT molecular complexity index is 736. The molecule has 0 bridgehead atoms. The van der Waals surface area contributed by atoms with Gasteiger partial charge in [-0.1, -0.05) is 30.3 Å². The normalized spacial score (nSPS) is 16.6. The van der Waals surface area contributed by atoms with Crippen molar-refractivity contribution in [3.63, 3.8) is 0 Å². The van der Waals surface area contributed by atoms with E-state index in [9.17, 15) is 10.1 Å². The van der Waals surface area contributed by atoms with E-state index in [1.54, 1.807) is 10.9 Å². The van der Waals surface area contributed by atoms with E-state index in [2.05, 4.69) is 11.2 Å². The van der Waals surface area contributed by atoms with Gasteiger partial charge in [-0.2, -0.15) is 10.4 Å². The monoisotopic (exact) mass is 322 g/mol. The summed E-state index contributed by atoms with van der Waals surface area (Å²) in [5.74, 6) is 0.163. The maximum atomic E-state index is 12.5. The van der Waals surface area contributed by atoms with Crippen LogP contribution in [0.15, 0.2) is 42.6 Å². The molecule has 2 heterocycles. The number of carbonyl (C=O) groups is 1. The lowest BCUT2D eigenvalue weighted by Crippen LogP contribution is -2.44. The maximum absolute atomic E-state index is 12.5. The number of nitrogens with zero attached hydrogens (tertiary/aromatic N) is 4. The highest BCUT2D eigenvalue weighted by Gasteiger charge is 2.37. The van der Waals surface area contributed by atoms with Crippen LogP contribution in [0.1, 0.15) is 30.5 Å². The van der Waals surface area contributed by atoms with Crippen LogP contribution in [0.3, 0.4) is 0 Å². The van der Waals surface area contributed by atoms with Gasteiger partial charge < -0.3 is 4.90 Å². The number of hydrogen-bond donors (Lipinski definition) is 0. The molecular formula is C19H22N4O. The number of likely N-dealkylation sites (tertiary alicyclic amines) is 1. The second-order valence-corrected chi connectivity index (χ2v) is 6.39. The molecule has 1 aliphatic rings. The van der Waals surface area contributed by atoms with Crippen LogP contribution in [0.5, 0.6) is 0 Å².